The van der Waals surface area contributed by atoms with Gasteiger partial charge in [-0.15, -0.1) is 12.4 Å². The number of hydrogen-bond donors (Lipinski definition) is 4. The molecule has 0 bridgehead atoms. The molecule has 1 aromatic carbocycles. The van der Waals surface area contributed by atoms with E-state index in [4.69, 9.17) is 11.6 Å². The number of fused-ring (bicyclic) bond motifs is 2. The Bertz CT molecular complexity index is 1030. The van der Waals surface area contributed by atoms with Gasteiger partial charge in [0, 0.05) is 53.5 Å². The molecule has 0 saturated heterocycles. The van der Waals surface area contributed by atoms with Gasteiger partial charge in [-0.3, -0.25) is 5.10 Å². The molecule has 4 N–H and O–H groups in total. The minimum atomic E-state index is 0. The van der Waals surface area contributed by atoms with Gasteiger partial charge < -0.3 is 20.5 Å². The summed E-state index contributed by atoms with van der Waals surface area (Å²) in [5.74, 6) is 0. The van der Waals surface area contributed by atoms with Gasteiger partial charge in [-0.2, -0.15) is 5.10 Å². The van der Waals surface area contributed by atoms with Gasteiger partial charge >= 0.3 is 0 Å². The first kappa shape index (κ1) is 18.0. The smallest absolute Gasteiger partial charge is 0.132 e. The Labute approximate surface area is 168 Å². The maximum Gasteiger partial charge on any atom is 0.132 e. The molecule has 4 heterocycles. The zero-order valence-corrected chi connectivity index (χ0v) is 16.1. The molecule has 6 nitrogen and oxygen atoms in total. The predicted octanol–water partition coefficient (Wildman–Crippen LogP) is 4.07. The highest BCUT2D eigenvalue weighted by Gasteiger charge is 2.21. The normalized spacial score (nSPS) is 16.4. The van der Waals surface area contributed by atoms with Crippen LogP contribution in [0.25, 0.3) is 16.6 Å². The van der Waals surface area contributed by atoms with Crippen LogP contribution >= 0.6 is 24.0 Å². The molecule has 27 heavy (non-hydrogen) atoms. The van der Waals surface area contributed by atoms with Crippen LogP contribution in [0.4, 0.5) is 5.69 Å². The van der Waals surface area contributed by atoms with Crippen molar-refractivity contribution < 1.29 is 0 Å². The van der Waals surface area contributed by atoms with E-state index in [1.165, 1.54) is 17.0 Å². The molecule has 3 aromatic rings. The highest BCUT2D eigenvalue weighted by molar-refractivity contribution is 6.34. The monoisotopic (exact) mass is 402 g/mol. The number of benzene rings is 1. The predicted molar refractivity (Wildman–Crippen MR) is 112 cm³/mol. The van der Waals surface area contributed by atoms with Gasteiger partial charge in [0.1, 0.15) is 5.15 Å². The number of nitrogens with one attached hydrogen (secondary N) is 4. The third-order valence-electron chi connectivity index (χ3n) is 4.93. The number of H-pyrrole nitrogens is 2. The quantitative estimate of drug-likeness (QED) is 0.532. The summed E-state index contributed by atoms with van der Waals surface area (Å²) >= 11 is 6.19. The number of anilines is 1. The number of aromatic nitrogens is 3. The Kier molecular flexibility index (Phi) is 4.86. The van der Waals surface area contributed by atoms with Crippen molar-refractivity contribution in [2.75, 3.05) is 18.4 Å². The Hall–Kier alpha value is -2.41. The lowest BCUT2D eigenvalue weighted by molar-refractivity contribution is 0.415. The number of hydrogen-bond acceptors (Lipinski definition) is 4. The van der Waals surface area contributed by atoms with E-state index in [-0.39, 0.29) is 12.4 Å². The largest absolute Gasteiger partial charge is 0.363 e. The maximum absolute atomic E-state index is 6.19. The Morgan fingerprint density at radius 3 is 3.00 bits per heavy atom. The second kappa shape index (κ2) is 7.31. The number of nitrogens with zero attached hydrogens (tertiary/aromatic N) is 2. The highest BCUT2D eigenvalue weighted by atomic mass is 35.5. The lowest BCUT2D eigenvalue weighted by atomic mass is 10.1. The lowest BCUT2D eigenvalue weighted by Gasteiger charge is -2.31. The van der Waals surface area contributed by atoms with Crippen LogP contribution in [-0.4, -0.2) is 33.2 Å². The van der Waals surface area contributed by atoms with E-state index in [9.17, 15) is 0 Å². The van der Waals surface area contributed by atoms with Gasteiger partial charge in [-0.1, -0.05) is 17.7 Å². The highest BCUT2D eigenvalue weighted by Crippen LogP contribution is 2.31. The first-order valence-corrected chi connectivity index (χ1v) is 9.11. The van der Waals surface area contributed by atoms with Gasteiger partial charge in [0.15, 0.2) is 0 Å². The molecule has 0 amide bonds. The van der Waals surface area contributed by atoms with Crippen LogP contribution < -0.4 is 10.6 Å². The maximum atomic E-state index is 6.19. The molecule has 140 valence electrons. The minimum Gasteiger partial charge on any atom is -0.363 e. The van der Waals surface area contributed by atoms with E-state index >= 15 is 0 Å². The number of rotatable bonds is 3. The van der Waals surface area contributed by atoms with Crippen LogP contribution in [0.3, 0.4) is 0 Å². The van der Waals surface area contributed by atoms with E-state index in [2.05, 4.69) is 49.1 Å². The molecule has 2 aliphatic heterocycles. The lowest BCUT2D eigenvalue weighted by Crippen LogP contribution is -2.29. The van der Waals surface area contributed by atoms with Crippen molar-refractivity contribution >= 4 is 46.3 Å². The van der Waals surface area contributed by atoms with Crippen LogP contribution in [0.2, 0.25) is 5.15 Å². The van der Waals surface area contributed by atoms with E-state index in [1.54, 1.807) is 0 Å². The summed E-state index contributed by atoms with van der Waals surface area (Å²) in [6.07, 6.45) is 7.50. The fourth-order valence-electron chi connectivity index (χ4n) is 3.60. The van der Waals surface area contributed by atoms with Crippen molar-refractivity contribution in [2.24, 2.45) is 0 Å². The Morgan fingerprint density at radius 1 is 1.22 bits per heavy atom. The van der Waals surface area contributed by atoms with Crippen LogP contribution in [0.15, 0.2) is 48.4 Å². The third-order valence-corrected chi connectivity index (χ3v) is 5.22. The third kappa shape index (κ3) is 3.32. The number of halogens is 2. The summed E-state index contributed by atoms with van der Waals surface area (Å²) in [6, 6.07) is 8.13. The average Bonchev–Trinajstić information content (AvgIpc) is 3.30. The first-order valence-electron chi connectivity index (χ1n) is 8.73. The molecule has 0 radical (unpaired) electrons. The van der Waals surface area contributed by atoms with E-state index in [0.29, 0.717) is 5.15 Å². The van der Waals surface area contributed by atoms with Gasteiger partial charge in [-0.05, 0) is 30.7 Å². The summed E-state index contributed by atoms with van der Waals surface area (Å²) in [5, 5.41) is 15.4. The molecule has 0 atom stereocenters. The zero-order chi connectivity index (χ0) is 17.5. The summed E-state index contributed by atoms with van der Waals surface area (Å²) in [6.45, 7) is 2.81. The van der Waals surface area contributed by atoms with Crippen molar-refractivity contribution in [1.29, 1.82) is 0 Å². The van der Waals surface area contributed by atoms with Gasteiger partial charge in [0.25, 0.3) is 0 Å². The van der Waals surface area contributed by atoms with E-state index in [1.807, 2.05) is 24.4 Å². The van der Waals surface area contributed by atoms with Crippen molar-refractivity contribution in [2.45, 2.75) is 13.0 Å². The molecule has 0 saturated carbocycles. The topological polar surface area (TPSA) is 71.8 Å². The fourth-order valence-corrected chi connectivity index (χ4v) is 3.79. The van der Waals surface area contributed by atoms with Crippen LogP contribution in [-0.2, 0) is 6.54 Å². The van der Waals surface area contributed by atoms with E-state index < -0.39 is 0 Å². The molecular weight excluding hydrogens is 383 g/mol. The van der Waals surface area contributed by atoms with Crippen LogP contribution in [0.5, 0.6) is 0 Å². The Balaban J connectivity index is 0.00000180. The summed E-state index contributed by atoms with van der Waals surface area (Å²) in [5.41, 5.74) is 6.70. The molecule has 8 heteroatoms. The first-order chi connectivity index (χ1) is 12.8. The van der Waals surface area contributed by atoms with Gasteiger partial charge in [0.05, 0.1) is 17.8 Å². The summed E-state index contributed by atoms with van der Waals surface area (Å²) < 4.78 is 0. The molecular formula is C19H20Cl2N6. The van der Waals surface area contributed by atoms with E-state index in [0.717, 1.165) is 48.3 Å². The number of aromatic amines is 2. The molecule has 0 unspecified atom stereocenters. The summed E-state index contributed by atoms with van der Waals surface area (Å²) in [7, 11) is 0. The van der Waals surface area contributed by atoms with Crippen LogP contribution in [0, 0.1) is 0 Å². The fraction of sp³-hybridized carbons (Fsp3) is 0.211. The van der Waals surface area contributed by atoms with Crippen molar-refractivity contribution in [1.82, 2.24) is 25.4 Å². The van der Waals surface area contributed by atoms with Gasteiger partial charge in [0.2, 0.25) is 0 Å². The van der Waals surface area contributed by atoms with Crippen molar-refractivity contribution in [3.05, 3.63) is 64.8 Å². The van der Waals surface area contributed by atoms with Crippen LogP contribution in [0.1, 0.15) is 17.7 Å². The molecule has 2 aliphatic rings. The second-order valence-electron chi connectivity index (χ2n) is 6.58. The molecule has 0 fully saturated rings. The SMILES string of the molecule is Cl.Clc1[nH]nc2ccc(NC3=CN(C4=CCNCC4)Cc4[nH]ccc43)cc12. The molecule has 0 aliphatic carbocycles. The standard InChI is InChI=1S/C19H19ClN6.ClH/c20-19-15-9-12(1-2-16(15)24-25-19)23-18-11-26(13-3-6-21-7-4-13)10-17-14(18)5-8-22-17;/h1-3,5,8-9,11,21-23H,4,6-7,10H2,(H,24,25);1H. The zero-order valence-electron chi connectivity index (χ0n) is 14.6. The molecule has 5 rings (SSSR count). The average molecular weight is 403 g/mol. The molecule has 2 aromatic heterocycles. The van der Waals surface area contributed by atoms with Crippen molar-refractivity contribution in [3.8, 4) is 0 Å². The Morgan fingerprint density at radius 2 is 2.15 bits per heavy atom. The minimum absolute atomic E-state index is 0. The summed E-state index contributed by atoms with van der Waals surface area (Å²) in [4.78, 5) is 5.70. The van der Waals surface area contributed by atoms with Gasteiger partial charge in [-0.25, -0.2) is 0 Å². The second-order valence-corrected chi connectivity index (χ2v) is 6.96. The molecule has 0 spiro atoms. The van der Waals surface area contributed by atoms with Crippen molar-refractivity contribution in [3.63, 3.8) is 0 Å².